The van der Waals surface area contributed by atoms with E-state index in [1.54, 1.807) is 13.3 Å². The normalized spacial score (nSPS) is 10.8. The lowest BCUT2D eigenvalue weighted by atomic mass is 10.2. The van der Waals surface area contributed by atoms with Gasteiger partial charge in [-0.3, -0.25) is 9.79 Å². The van der Waals surface area contributed by atoms with Crippen LogP contribution in [0.2, 0.25) is 0 Å². The Labute approximate surface area is 152 Å². The molecule has 2 rings (SSSR count). The Morgan fingerprint density at radius 2 is 1.96 bits per heavy atom. The van der Waals surface area contributed by atoms with Crippen LogP contribution in [0.4, 0.5) is 11.4 Å². The van der Waals surface area contributed by atoms with E-state index in [-0.39, 0.29) is 5.91 Å². The van der Waals surface area contributed by atoms with E-state index in [0.29, 0.717) is 6.42 Å². The fourth-order valence-corrected chi connectivity index (χ4v) is 3.34. The van der Waals surface area contributed by atoms with Gasteiger partial charge in [-0.2, -0.15) is 0 Å². The number of amides is 1. The van der Waals surface area contributed by atoms with Crippen LogP contribution in [0.5, 0.6) is 5.75 Å². The summed E-state index contributed by atoms with van der Waals surface area (Å²) in [5, 5.41) is 2.80. The van der Waals surface area contributed by atoms with Crippen LogP contribution in [0.15, 0.2) is 50.3 Å². The number of carbonyl (C=O) groups is 1. The Morgan fingerprint density at radius 3 is 2.57 bits per heavy atom. The maximum Gasteiger partial charge on any atom is 0.224 e. The zero-order chi connectivity index (χ0) is 16.8. The largest absolute Gasteiger partial charge is 0.495 e. The van der Waals surface area contributed by atoms with Crippen LogP contribution in [0.3, 0.4) is 0 Å². The molecule has 0 bridgehead atoms. The maximum atomic E-state index is 11.3. The molecule has 0 fully saturated rings. The van der Waals surface area contributed by atoms with E-state index in [9.17, 15) is 4.79 Å². The first kappa shape index (κ1) is 17.7. The third-order valence-electron chi connectivity index (χ3n) is 3.07. The minimum Gasteiger partial charge on any atom is -0.495 e. The van der Waals surface area contributed by atoms with Crippen LogP contribution in [0.1, 0.15) is 18.9 Å². The van der Waals surface area contributed by atoms with Gasteiger partial charge in [0.1, 0.15) is 5.75 Å². The molecule has 1 amide bonds. The molecule has 23 heavy (non-hydrogen) atoms. The third-order valence-corrected chi connectivity index (χ3v) is 4.11. The minimum absolute atomic E-state index is 0.00928. The third kappa shape index (κ3) is 4.91. The van der Waals surface area contributed by atoms with Gasteiger partial charge in [0.05, 0.1) is 17.3 Å². The monoisotopic (exact) mass is 438 g/mol. The number of halogens is 2. The summed E-state index contributed by atoms with van der Waals surface area (Å²) in [6.07, 6.45) is 2.20. The van der Waals surface area contributed by atoms with Gasteiger partial charge in [-0.15, -0.1) is 0 Å². The van der Waals surface area contributed by atoms with E-state index in [0.717, 1.165) is 31.6 Å². The molecule has 0 aromatic heterocycles. The molecule has 120 valence electrons. The van der Waals surface area contributed by atoms with Gasteiger partial charge in [0.15, 0.2) is 0 Å². The number of benzene rings is 2. The molecule has 0 atom stereocenters. The lowest BCUT2D eigenvalue weighted by Crippen LogP contribution is -2.08. The van der Waals surface area contributed by atoms with Crippen LogP contribution < -0.4 is 10.1 Å². The molecule has 0 unspecified atom stereocenters. The maximum absolute atomic E-state index is 11.3. The Hall–Kier alpha value is -1.66. The van der Waals surface area contributed by atoms with Crippen molar-refractivity contribution in [2.45, 2.75) is 13.3 Å². The van der Waals surface area contributed by atoms with Crippen molar-refractivity contribution in [1.82, 2.24) is 0 Å². The molecule has 0 heterocycles. The summed E-state index contributed by atoms with van der Waals surface area (Å²) in [5.41, 5.74) is 2.41. The number of nitrogens with one attached hydrogen (secondary N) is 1. The zero-order valence-corrected chi connectivity index (χ0v) is 15.9. The summed E-state index contributed by atoms with van der Waals surface area (Å²) in [7, 11) is 1.62. The topological polar surface area (TPSA) is 50.7 Å². The first-order valence-electron chi connectivity index (χ1n) is 7.00. The van der Waals surface area contributed by atoms with Crippen molar-refractivity contribution in [3.8, 4) is 5.75 Å². The average Bonchev–Trinajstić information content (AvgIpc) is 2.53. The molecule has 0 spiro atoms. The van der Waals surface area contributed by atoms with Crippen LogP contribution in [-0.4, -0.2) is 19.2 Å². The highest BCUT2D eigenvalue weighted by atomic mass is 79.9. The molecular formula is C17H16Br2N2O2. The van der Waals surface area contributed by atoms with Crippen molar-refractivity contribution < 1.29 is 9.53 Å². The summed E-state index contributed by atoms with van der Waals surface area (Å²) in [5.74, 6) is 0.716. The van der Waals surface area contributed by atoms with E-state index < -0.39 is 0 Å². The molecule has 0 aliphatic carbocycles. The fourth-order valence-electron chi connectivity index (χ4n) is 1.92. The first-order valence-corrected chi connectivity index (χ1v) is 8.59. The number of anilines is 1. The summed E-state index contributed by atoms with van der Waals surface area (Å²) >= 11 is 6.92. The van der Waals surface area contributed by atoms with Gasteiger partial charge in [-0.05, 0) is 52.3 Å². The summed E-state index contributed by atoms with van der Waals surface area (Å²) < 4.78 is 7.18. The van der Waals surface area contributed by atoms with Crippen LogP contribution in [0.25, 0.3) is 0 Å². The van der Waals surface area contributed by atoms with E-state index >= 15 is 0 Å². The van der Waals surface area contributed by atoms with Gasteiger partial charge in [-0.1, -0.05) is 22.9 Å². The van der Waals surface area contributed by atoms with Crippen LogP contribution in [-0.2, 0) is 4.79 Å². The zero-order valence-electron chi connectivity index (χ0n) is 12.8. The quantitative estimate of drug-likeness (QED) is 0.641. The van der Waals surface area contributed by atoms with Gasteiger partial charge in [0.2, 0.25) is 5.91 Å². The number of hydrogen-bond donors (Lipinski definition) is 1. The Morgan fingerprint density at radius 1 is 1.26 bits per heavy atom. The van der Waals surface area contributed by atoms with E-state index in [1.807, 2.05) is 43.3 Å². The van der Waals surface area contributed by atoms with Crippen molar-refractivity contribution in [1.29, 1.82) is 0 Å². The van der Waals surface area contributed by atoms with E-state index in [1.165, 1.54) is 0 Å². The van der Waals surface area contributed by atoms with Gasteiger partial charge >= 0.3 is 0 Å². The second-order valence-electron chi connectivity index (χ2n) is 4.72. The molecule has 2 aromatic rings. The Bertz CT molecular complexity index is 728. The Kier molecular flexibility index (Phi) is 6.36. The van der Waals surface area contributed by atoms with Gasteiger partial charge in [0, 0.05) is 28.4 Å². The predicted octanol–water partition coefficient (Wildman–Crippen LogP) is 5.32. The van der Waals surface area contributed by atoms with Crippen LogP contribution in [0, 0.1) is 0 Å². The molecule has 0 aliphatic heterocycles. The van der Waals surface area contributed by atoms with Crippen LogP contribution >= 0.6 is 31.9 Å². The first-order chi connectivity index (χ1) is 11.0. The highest BCUT2D eigenvalue weighted by Crippen LogP contribution is 2.32. The highest BCUT2D eigenvalue weighted by Gasteiger charge is 2.07. The number of carbonyl (C=O) groups excluding carboxylic acids is 1. The number of rotatable bonds is 5. The molecule has 6 heteroatoms. The van der Waals surface area contributed by atoms with E-state index in [4.69, 9.17) is 4.74 Å². The second-order valence-corrected chi connectivity index (χ2v) is 6.49. The molecule has 0 aliphatic rings. The fraction of sp³-hybridized carbons (Fsp3) is 0.176. The van der Waals surface area contributed by atoms with Crippen molar-refractivity contribution in [3.05, 3.63) is 50.9 Å². The minimum atomic E-state index is -0.00928. The number of ether oxygens (including phenoxy) is 1. The molecule has 0 saturated carbocycles. The van der Waals surface area contributed by atoms with Crippen molar-refractivity contribution >= 4 is 55.4 Å². The lowest BCUT2D eigenvalue weighted by Gasteiger charge is -2.08. The average molecular weight is 440 g/mol. The van der Waals surface area contributed by atoms with Gasteiger partial charge < -0.3 is 10.1 Å². The number of methoxy groups -OCH3 is 1. The molecule has 4 nitrogen and oxygen atoms in total. The van der Waals surface area contributed by atoms with Crippen molar-refractivity contribution in [3.63, 3.8) is 0 Å². The molecule has 1 N–H and O–H groups in total. The molecule has 0 radical (unpaired) electrons. The van der Waals surface area contributed by atoms with Gasteiger partial charge in [0.25, 0.3) is 0 Å². The lowest BCUT2D eigenvalue weighted by molar-refractivity contribution is -0.115. The SMILES string of the molecule is CCC(=O)Nc1ccc(N=Cc2cc(Br)cc(Br)c2OC)cc1. The van der Waals surface area contributed by atoms with Crippen molar-refractivity contribution in [2.24, 2.45) is 4.99 Å². The number of hydrogen-bond acceptors (Lipinski definition) is 3. The summed E-state index contributed by atoms with van der Waals surface area (Å²) in [6, 6.07) is 11.2. The second kappa shape index (κ2) is 8.26. The summed E-state index contributed by atoms with van der Waals surface area (Å²) in [4.78, 5) is 15.8. The Balaban J connectivity index is 2.19. The highest BCUT2D eigenvalue weighted by molar-refractivity contribution is 9.11. The smallest absolute Gasteiger partial charge is 0.224 e. The molecule has 0 saturated heterocycles. The number of aliphatic imine (C=N–C) groups is 1. The molecular weight excluding hydrogens is 424 g/mol. The number of nitrogens with zero attached hydrogens (tertiary/aromatic N) is 1. The van der Waals surface area contributed by atoms with Gasteiger partial charge in [-0.25, -0.2) is 0 Å². The summed E-state index contributed by atoms with van der Waals surface area (Å²) in [6.45, 7) is 1.82. The predicted molar refractivity (Wildman–Crippen MR) is 101 cm³/mol. The standard InChI is InChI=1S/C17H16Br2N2O2/c1-3-16(22)21-14-6-4-13(5-7-14)20-10-11-8-12(18)9-15(19)17(11)23-2/h4-10H,3H2,1-2H3,(H,21,22). The van der Waals surface area contributed by atoms with Crippen molar-refractivity contribution in [2.75, 3.05) is 12.4 Å². The molecule has 2 aromatic carbocycles. The van der Waals surface area contributed by atoms with E-state index in [2.05, 4.69) is 42.2 Å².